The molecule has 3 aliphatic rings. The molecule has 0 unspecified atom stereocenters. The van der Waals surface area contributed by atoms with Crippen molar-refractivity contribution in [3.8, 4) is 5.75 Å². The first-order chi connectivity index (χ1) is 15.9. The van der Waals surface area contributed by atoms with Crippen molar-refractivity contribution < 1.29 is 30.0 Å². The molecule has 1 fully saturated rings. The summed E-state index contributed by atoms with van der Waals surface area (Å²) in [5.41, 5.74) is -1.94. The topological polar surface area (TPSA) is 115 Å². The number of ketones is 2. The fraction of sp³-hybridized carbons (Fsp3) is 0.407. The van der Waals surface area contributed by atoms with Crippen molar-refractivity contribution in [2.24, 2.45) is 5.92 Å². The third-order valence-electron chi connectivity index (χ3n) is 9.01. The van der Waals surface area contributed by atoms with E-state index in [-0.39, 0.29) is 39.5 Å². The fourth-order valence-corrected chi connectivity index (χ4v) is 9.77. The van der Waals surface area contributed by atoms with Gasteiger partial charge in [-0.15, -0.1) is 0 Å². The van der Waals surface area contributed by atoms with Crippen LogP contribution in [0.3, 0.4) is 0 Å². The van der Waals surface area contributed by atoms with E-state index in [2.05, 4.69) is 32.2 Å². The summed E-state index contributed by atoms with van der Waals surface area (Å²) in [6.45, 7) is 6.62. The van der Waals surface area contributed by atoms with Gasteiger partial charge < -0.3 is 20.4 Å². The minimum atomic E-state index is -2.17. The van der Waals surface area contributed by atoms with Gasteiger partial charge in [0.15, 0.2) is 11.6 Å². The molecular formula is C27H30O6Si. The molecule has 4 N–H and O–H groups in total. The van der Waals surface area contributed by atoms with Crippen LogP contribution in [0.15, 0.2) is 59.7 Å². The molecule has 178 valence electrons. The van der Waals surface area contributed by atoms with Gasteiger partial charge in [-0.3, -0.25) is 9.59 Å². The Morgan fingerprint density at radius 2 is 1.62 bits per heavy atom. The molecular weight excluding hydrogens is 448 g/mol. The SMILES string of the molecule is C[C@@]1([Si](C)(C)c2ccccc2)CC[C@@H]2C3=C(C(=O)c4c(O)cccc4C3=O)[C@H](O)[C@@H](O)[C@]2(O)C1. The van der Waals surface area contributed by atoms with E-state index in [4.69, 9.17) is 0 Å². The third kappa shape index (κ3) is 2.91. The summed E-state index contributed by atoms with van der Waals surface area (Å²) in [5.74, 6) is -2.25. The highest BCUT2D eigenvalue weighted by molar-refractivity contribution is 6.92. The van der Waals surface area contributed by atoms with Crippen LogP contribution in [0.5, 0.6) is 5.75 Å². The average molecular weight is 479 g/mol. The van der Waals surface area contributed by atoms with E-state index >= 15 is 0 Å². The van der Waals surface area contributed by atoms with E-state index in [1.807, 2.05) is 18.2 Å². The lowest BCUT2D eigenvalue weighted by Gasteiger charge is -2.58. The first-order valence-electron chi connectivity index (χ1n) is 11.7. The Morgan fingerprint density at radius 3 is 2.29 bits per heavy atom. The van der Waals surface area contributed by atoms with Gasteiger partial charge in [0.05, 0.1) is 13.6 Å². The van der Waals surface area contributed by atoms with Crippen LogP contribution in [-0.4, -0.2) is 57.9 Å². The Hall–Kier alpha value is -2.58. The maximum Gasteiger partial charge on any atom is 0.196 e. The first kappa shape index (κ1) is 23.2. The van der Waals surface area contributed by atoms with Crippen LogP contribution in [-0.2, 0) is 0 Å². The van der Waals surface area contributed by atoms with Crippen LogP contribution >= 0.6 is 0 Å². The fourth-order valence-electron chi connectivity index (χ4n) is 6.55. The van der Waals surface area contributed by atoms with Crippen LogP contribution in [0.2, 0.25) is 18.1 Å². The van der Waals surface area contributed by atoms with Crippen molar-refractivity contribution in [1.82, 2.24) is 0 Å². The van der Waals surface area contributed by atoms with Crippen LogP contribution < -0.4 is 5.19 Å². The highest BCUT2D eigenvalue weighted by atomic mass is 28.3. The summed E-state index contributed by atoms with van der Waals surface area (Å²) in [7, 11) is -2.17. The molecule has 0 bridgehead atoms. The number of aromatic hydroxyl groups is 1. The number of aliphatic hydroxyl groups is 3. The van der Waals surface area contributed by atoms with E-state index in [1.54, 1.807) is 0 Å². The Kier molecular flexibility index (Phi) is 5.08. The maximum atomic E-state index is 13.6. The van der Waals surface area contributed by atoms with Crippen LogP contribution in [0.4, 0.5) is 0 Å². The largest absolute Gasteiger partial charge is 0.507 e. The van der Waals surface area contributed by atoms with Gasteiger partial charge in [0, 0.05) is 22.6 Å². The van der Waals surface area contributed by atoms with Crippen molar-refractivity contribution in [1.29, 1.82) is 0 Å². The van der Waals surface area contributed by atoms with Crippen molar-refractivity contribution in [3.63, 3.8) is 0 Å². The number of Topliss-reactive ketones (excluding diaryl/α,β-unsaturated/α-hetero) is 2. The Labute approximate surface area is 199 Å². The molecule has 7 heteroatoms. The van der Waals surface area contributed by atoms with Crippen molar-refractivity contribution in [3.05, 3.63) is 70.8 Å². The zero-order chi connectivity index (χ0) is 24.6. The second-order valence-corrected chi connectivity index (χ2v) is 15.9. The molecule has 5 atom stereocenters. The molecule has 0 spiro atoms. The van der Waals surface area contributed by atoms with Crippen LogP contribution in [0.25, 0.3) is 0 Å². The molecule has 2 aromatic carbocycles. The monoisotopic (exact) mass is 478 g/mol. The zero-order valence-electron chi connectivity index (χ0n) is 19.6. The summed E-state index contributed by atoms with van der Waals surface area (Å²) in [4.78, 5) is 26.9. The lowest BCUT2D eigenvalue weighted by molar-refractivity contribution is -0.167. The van der Waals surface area contributed by atoms with Gasteiger partial charge in [0.2, 0.25) is 0 Å². The number of phenolic OH excluding ortho intramolecular Hbond substituents is 1. The van der Waals surface area contributed by atoms with Crippen LogP contribution in [0.1, 0.15) is 46.9 Å². The Bertz CT molecular complexity index is 1230. The van der Waals surface area contributed by atoms with Gasteiger partial charge in [-0.2, -0.15) is 0 Å². The summed E-state index contributed by atoms with van der Waals surface area (Å²) >= 11 is 0. The number of phenols is 1. The maximum absolute atomic E-state index is 13.6. The second kappa shape index (κ2) is 7.46. The molecule has 0 radical (unpaired) electrons. The smallest absolute Gasteiger partial charge is 0.196 e. The second-order valence-electron chi connectivity index (χ2n) is 10.9. The van der Waals surface area contributed by atoms with Crippen molar-refractivity contribution >= 4 is 24.8 Å². The minimum Gasteiger partial charge on any atom is -0.507 e. The number of rotatable bonds is 2. The van der Waals surface area contributed by atoms with Crippen molar-refractivity contribution in [2.45, 2.75) is 62.1 Å². The van der Waals surface area contributed by atoms with E-state index in [0.717, 1.165) is 0 Å². The number of carbonyl (C=O) groups excluding carboxylic acids is 2. The molecule has 2 aromatic rings. The zero-order valence-corrected chi connectivity index (χ0v) is 20.6. The van der Waals surface area contributed by atoms with Gasteiger partial charge in [-0.25, -0.2) is 0 Å². The molecule has 34 heavy (non-hydrogen) atoms. The Balaban J connectivity index is 1.62. The normalized spacial score (nSPS) is 33.3. The van der Waals surface area contributed by atoms with Gasteiger partial charge in [-0.1, -0.05) is 67.7 Å². The molecule has 6 nitrogen and oxygen atoms in total. The Morgan fingerprint density at radius 1 is 0.941 bits per heavy atom. The van der Waals surface area contributed by atoms with Crippen molar-refractivity contribution in [2.75, 3.05) is 0 Å². The summed E-state index contributed by atoms with van der Waals surface area (Å²) < 4.78 is 0. The predicted octanol–water partition coefficient (Wildman–Crippen LogP) is 2.71. The molecule has 0 aromatic heterocycles. The average Bonchev–Trinajstić information content (AvgIpc) is 2.80. The predicted molar refractivity (Wildman–Crippen MR) is 130 cm³/mol. The number of aliphatic hydroxyl groups excluding tert-OH is 2. The number of benzene rings is 2. The minimum absolute atomic E-state index is 0.0713. The number of fused-ring (bicyclic) bond motifs is 3. The van der Waals surface area contributed by atoms with Crippen LogP contribution in [0, 0.1) is 5.92 Å². The van der Waals surface area contributed by atoms with Gasteiger partial charge in [0.1, 0.15) is 23.6 Å². The molecule has 3 aliphatic carbocycles. The summed E-state index contributed by atoms with van der Waals surface area (Å²) in [5, 5.41) is 45.4. The molecule has 0 aliphatic heterocycles. The number of carbonyl (C=O) groups is 2. The van der Waals surface area contributed by atoms with E-state index in [1.165, 1.54) is 23.4 Å². The molecule has 1 saturated carbocycles. The first-order valence-corrected chi connectivity index (χ1v) is 14.7. The van der Waals surface area contributed by atoms with E-state index < -0.39 is 43.4 Å². The standard InChI is InChI=1S/C27H30O6Si/c1-26(34(2,3)15-8-5-4-6-9-15)13-12-17-20-21(24(31)25(32)27(17,33)14-26)23(30)19-16(22(20)29)10-7-11-18(19)28/h4-11,17,24-25,28,31-33H,12-14H2,1-3H3/t17-,24+,25-,26-,27+/m1/s1. The van der Waals surface area contributed by atoms with Gasteiger partial charge in [0.25, 0.3) is 0 Å². The quantitative estimate of drug-likeness (QED) is 0.494. The highest BCUT2D eigenvalue weighted by Crippen LogP contribution is 2.60. The third-order valence-corrected chi connectivity index (χ3v) is 14.2. The molecule has 0 saturated heterocycles. The van der Waals surface area contributed by atoms with Gasteiger partial charge >= 0.3 is 0 Å². The van der Waals surface area contributed by atoms with Gasteiger partial charge in [-0.05, 0) is 30.4 Å². The number of hydrogen-bond donors (Lipinski definition) is 4. The van der Waals surface area contributed by atoms with E-state index in [9.17, 15) is 30.0 Å². The van der Waals surface area contributed by atoms with E-state index in [0.29, 0.717) is 12.8 Å². The lowest BCUT2D eigenvalue weighted by Crippen LogP contribution is -2.66. The summed E-state index contributed by atoms with van der Waals surface area (Å²) in [6.07, 6.45) is -2.01. The summed E-state index contributed by atoms with van der Waals surface area (Å²) in [6, 6.07) is 14.5. The lowest BCUT2D eigenvalue weighted by atomic mass is 9.57. The highest BCUT2D eigenvalue weighted by Gasteiger charge is 2.63. The number of hydrogen-bond acceptors (Lipinski definition) is 6. The molecule has 0 heterocycles. The molecule has 5 rings (SSSR count). The molecule has 0 amide bonds.